The third kappa shape index (κ3) is 3.45. The molecule has 0 aliphatic rings. The molecule has 0 aliphatic heterocycles. The van der Waals surface area contributed by atoms with E-state index in [0.717, 1.165) is 0 Å². The van der Waals surface area contributed by atoms with Gasteiger partial charge in [-0.3, -0.25) is 4.72 Å². The van der Waals surface area contributed by atoms with Gasteiger partial charge in [0.15, 0.2) is 0 Å². The lowest BCUT2D eigenvalue weighted by Crippen LogP contribution is -2.13. The first-order valence-electron chi connectivity index (χ1n) is 6.96. The summed E-state index contributed by atoms with van der Waals surface area (Å²) < 4.78 is 53.8. The van der Waals surface area contributed by atoms with Crippen LogP contribution >= 0.6 is 0 Å². The number of H-pyrrole nitrogens is 1. The molecule has 1 unspecified atom stereocenters. The number of methoxy groups -OCH3 is 1. The molecule has 3 rings (SSSR count). The van der Waals surface area contributed by atoms with Gasteiger partial charge in [-0.05, 0) is 36.2 Å². The molecule has 0 fully saturated rings. The van der Waals surface area contributed by atoms with Crippen molar-refractivity contribution >= 4 is 42.4 Å². The van der Waals surface area contributed by atoms with E-state index < -0.39 is 19.8 Å². The van der Waals surface area contributed by atoms with Crippen LogP contribution in [0, 0.1) is 0 Å². The van der Waals surface area contributed by atoms with Crippen molar-refractivity contribution in [3.05, 3.63) is 42.5 Å². The van der Waals surface area contributed by atoms with Gasteiger partial charge < -0.3 is 14.3 Å². The smallest absolute Gasteiger partial charge is 0.262 e. The monoisotopic (exact) mass is 381 g/mol. The molecule has 0 bridgehead atoms. The van der Waals surface area contributed by atoms with E-state index in [4.69, 9.17) is 4.74 Å². The Kier molecular flexibility index (Phi) is 4.19. The van der Waals surface area contributed by atoms with Crippen LogP contribution in [0.25, 0.3) is 11.0 Å². The molecule has 132 valence electrons. The highest BCUT2D eigenvalue weighted by molar-refractivity contribution is 7.95. The fraction of sp³-hybridized carbons (Fsp3) is 0.0667. The molecule has 0 saturated carbocycles. The number of imidazole rings is 1. The normalized spacial score (nSPS) is 14.2. The maximum atomic E-state index is 12.6. The summed E-state index contributed by atoms with van der Waals surface area (Å²) >= 11 is 0. The Morgan fingerprint density at radius 3 is 2.60 bits per heavy atom. The number of ether oxygens (including phenoxy) is 1. The zero-order chi connectivity index (χ0) is 18.2. The predicted octanol–water partition coefficient (Wildman–Crippen LogP) is 1.92. The molecule has 0 amide bonds. The van der Waals surface area contributed by atoms with Gasteiger partial charge in [0.05, 0.1) is 28.7 Å². The Morgan fingerprint density at radius 1 is 1.20 bits per heavy atom. The van der Waals surface area contributed by atoms with Crippen molar-refractivity contribution < 1.29 is 21.9 Å². The number of hydrogen-bond donors (Lipinski definition) is 3. The zero-order valence-electron chi connectivity index (χ0n) is 13.1. The Labute approximate surface area is 144 Å². The highest BCUT2D eigenvalue weighted by atomic mass is 32.2. The minimum Gasteiger partial charge on any atom is -0.495 e. The van der Waals surface area contributed by atoms with Crippen molar-refractivity contribution in [3.63, 3.8) is 0 Å². The lowest BCUT2D eigenvalue weighted by molar-refractivity contribution is 0.417. The molecule has 25 heavy (non-hydrogen) atoms. The molecule has 1 aromatic heterocycles. The molecule has 8 nitrogen and oxygen atoms in total. The van der Waals surface area contributed by atoms with E-state index in [-0.39, 0.29) is 10.1 Å². The van der Waals surface area contributed by atoms with Crippen LogP contribution in [0.3, 0.4) is 0 Å². The number of benzene rings is 2. The summed E-state index contributed by atoms with van der Waals surface area (Å²) in [5.74, 6) is 3.51. The average Bonchev–Trinajstić information content (AvgIpc) is 2.98. The van der Waals surface area contributed by atoms with E-state index in [0.29, 0.717) is 22.5 Å². The van der Waals surface area contributed by atoms with E-state index in [9.17, 15) is 17.2 Å². The van der Waals surface area contributed by atoms with Crippen molar-refractivity contribution in [3.8, 4) is 5.75 Å². The Morgan fingerprint density at radius 2 is 1.92 bits per heavy atom. The quantitative estimate of drug-likeness (QED) is 0.581. The van der Waals surface area contributed by atoms with Gasteiger partial charge in [-0.25, -0.2) is 17.6 Å². The van der Waals surface area contributed by atoms with Crippen molar-refractivity contribution in [2.75, 3.05) is 11.8 Å². The molecular weight excluding hydrogens is 366 g/mol. The van der Waals surface area contributed by atoms with Crippen LogP contribution in [0.15, 0.2) is 52.5 Å². The largest absolute Gasteiger partial charge is 0.495 e. The number of hydrogen-bond acceptors (Lipinski definition) is 5. The van der Waals surface area contributed by atoms with Crippen LogP contribution in [0.5, 0.6) is 5.75 Å². The van der Waals surface area contributed by atoms with Crippen LogP contribution in [0.1, 0.15) is 0 Å². The molecule has 0 radical (unpaired) electrons. The zero-order valence-corrected chi connectivity index (χ0v) is 14.7. The maximum absolute atomic E-state index is 12.6. The van der Waals surface area contributed by atoms with Crippen molar-refractivity contribution in [2.45, 2.75) is 10.1 Å². The lowest BCUT2D eigenvalue weighted by Gasteiger charge is -2.11. The van der Waals surface area contributed by atoms with Crippen LogP contribution in [0.4, 0.5) is 5.69 Å². The van der Waals surface area contributed by atoms with Crippen molar-refractivity contribution in [1.82, 2.24) is 9.97 Å². The lowest BCUT2D eigenvalue weighted by atomic mass is 10.3. The van der Waals surface area contributed by atoms with Gasteiger partial charge in [0, 0.05) is 0 Å². The molecular formula is C15H15N3O5S2. The highest BCUT2D eigenvalue weighted by Crippen LogP contribution is 2.27. The molecule has 0 aliphatic carbocycles. The molecule has 3 N–H and O–H groups in total. The van der Waals surface area contributed by atoms with E-state index in [1.807, 2.05) is 0 Å². The number of anilines is 1. The summed E-state index contributed by atoms with van der Waals surface area (Å²) in [5.41, 5.74) is 0.964. The summed E-state index contributed by atoms with van der Waals surface area (Å²) in [6, 6.07) is 10.7. The summed E-state index contributed by atoms with van der Waals surface area (Å²) in [7, 11) is -5.97. The third-order valence-electron chi connectivity index (χ3n) is 3.40. The van der Waals surface area contributed by atoms with Crippen LogP contribution in [0.2, 0.25) is 0 Å². The van der Waals surface area contributed by atoms with Crippen molar-refractivity contribution in [1.29, 1.82) is 0 Å². The number of nitrogens with one attached hydrogen (secondary N) is 2. The first kappa shape index (κ1) is 17.3. The van der Waals surface area contributed by atoms with E-state index in [1.165, 1.54) is 25.3 Å². The molecule has 1 heterocycles. The number of nitrogens with zero attached hydrogens (tertiary/aromatic N) is 1. The topological polar surface area (TPSA) is 121 Å². The molecule has 1 atom stereocenters. The number of sulfonamides is 1. The first-order chi connectivity index (χ1) is 11.7. The molecule has 2 aromatic carbocycles. The van der Waals surface area contributed by atoms with E-state index in [2.05, 4.69) is 20.6 Å². The van der Waals surface area contributed by atoms with E-state index >= 15 is 0 Å². The summed E-state index contributed by atoms with van der Waals surface area (Å²) in [5, 5.41) is -0.213. The van der Waals surface area contributed by atoms with Crippen LogP contribution in [-0.4, -0.2) is 40.1 Å². The minimum absolute atomic E-state index is 0.0328. The van der Waals surface area contributed by atoms with Crippen LogP contribution < -0.4 is 9.46 Å². The Balaban J connectivity index is 2.02. The molecule has 0 saturated heterocycles. The number of rotatable bonds is 5. The summed E-state index contributed by atoms with van der Waals surface area (Å²) in [4.78, 5) is 6.53. The van der Waals surface area contributed by atoms with Gasteiger partial charge in [-0.15, -0.1) is 0 Å². The SMILES string of the molecule is C=S(=O)(O)c1nc2ccc(S(=O)(=O)Nc3ccccc3OC)cc2[nH]1. The standard InChI is InChI=1S/C15H15N3O5S2/c1-23-14-6-4-3-5-12(14)18-25(21,22)10-7-8-11-13(9-10)17-15(16-11)24(2,19)20/h3-9,18H,2H2,1H3,(H,16,17)(H,19,20). The summed E-state index contributed by atoms with van der Waals surface area (Å²) in [6.07, 6.45) is 0. The van der Waals surface area contributed by atoms with E-state index in [1.54, 1.807) is 24.3 Å². The fourth-order valence-corrected chi connectivity index (χ4v) is 3.82. The summed E-state index contributed by atoms with van der Waals surface area (Å²) in [6.45, 7) is 0. The first-order valence-corrected chi connectivity index (χ1v) is 10.1. The van der Waals surface area contributed by atoms with Gasteiger partial charge in [-0.2, -0.15) is 0 Å². The van der Waals surface area contributed by atoms with Crippen LogP contribution in [-0.2, 0) is 19.8 Å². The van der Waals surface area contributed by atoms with Crippen molar-refractivity contribution in [2.24, 2.45) is 0 Å². The van der Waals surface area contributed by atoms with Gasteiger partial charge in [0.2, 0.25) is 5.16 Å². The molecule has 10 heteroatoms. The number of aromatic amines is 1. The molecule has 3 aromatic rings. The van der Waals surface area contributed by atoms with Gasteiger partial charge in [0.25, 0.3) is 10.0 Å². The highest BCUT2D eigenvalue weighted by Gasteiger charge is 2.18. The van der Waals surface area contributed by atoms with Gasteiger partial charge in [0.1, 0.15) is 15.6 Å². The maximum Gasteiger partial charge on any atom is 0.262 e. The minimum atomic E-state index is -3.89. The second-order valence-corrected chi connectivity index (χ2v) is 8.52. The second-order valence-electron chi connectivity index (χ2n) is 5.17. The third-order valence-corrected chi connectivity index (χ3v) is 5.56. The number of aromatic nitrogens is 2. The number of fused-ring (bicyclic) bond motifs is 1. The predicted molar refractivity (Wildman–Crippen MR) is 96.1 cm³/mol. The molecule has 0 spiro atoms. The second kappa shape index (κ2) is 6.06. The Hall–Kier alpha value is -2.56. The van der Waals surface area contributed by atoms with Gasteiger partial charge in [-0.1, -0.05) is 12.1 Å². The average molecular weight is 381 g/mol. The Bertz CT molecular complexity index is 1150. The van der Waals surface area contributed by atoms with Gasteiger partial charge >= 0.3 is 0 Å². The fourth-order valence-electron chi connectivity index (χ4n) is 2.22. The number of para-hydroxylation sites is 2.